The number of likely N-dealkylation sites (N-methyl/N-ethyl adjacent to an activating group) is 1. The van der Waals surface area contributed by atoms with Gasteiger partial charge in [0.15, 0.2) is 0 Å². The molecular formula is C14H19Cl2N3O2. The summed E-state index contributed by atoms with van der Waals surface area (Å²) in [5.41, 5.74) is 0.936. The van der Waals surface area contributed by atoms with Crippen LogP contribution >= 0.6 is 23.2 Å². The molecule has 2 N–H and O–H groups in total. The van der Waals surface area contributed by atoms with Gasteiger partial charge in [-0.2, -0.15) is 0 Å². The van der Waals surface area contributed by atoms with E-state index in [4.69, 9.17) is 23.2 Å². The van der Waals surface area contributed by atoms with Crippen LogP contribution in [0.4, 0.5) is 4.79 Å². The monoisotopic (exact) mass is 331 g/mol. The lowest BCUT2D eigenvalue weighted by Crippen LogP contribution is -2.45. The third-order valence-electron chi connectivity index (χ3n) is 2.52. The van der Waals surface area contributed by atoms with E-state index in [1.807, 2.05) is 19.9 Å². The Morgan fingerprint density at radius 1 is 1.24 bits per heavy atom. The molecule has 7 heteroatoms. The summed E-state index contributed by atoms with van der Waals surface area (Å²) in [4.78, 5) is 24.9. The number of hydrogen-bond acceptors (Lipinski definition) is 3. The number of nitrogens with one attached hydrogen (secondary N) is 2. The zero-order valence-corrected chi connectivity index (χ0v) is 13.8. The fourth-order valence-corrected chi connectivity index (χ4v) is 2.04. The predicted molar refractivity (Wildman–Crippen MR) is 84.6 cm³/mol. The smallest absolute Gasteiger partial charge is 0.321 e. The van der Waals surface area contributed by atoms with Gasteiger partial charge in [-0.15, -0.1) is 0 Å². The average Bonchev–Trinajstić information content (AvgIpc) is 2.32. The topological polar surface area (TPSA) is 61.4 Å². The van der Waals surface area contributed by atoms with E-state index in [0.717, 1.165) is 5.56 Å². The molecule has 0 unspecified atom stereocenters. The van der Waals surface area contributed by atoms with Crippen molar-refractivity contribution < 1.29 is 9.59 Å². The number of urea groups is 1. The number of nitrogens with zero attached hydrogens (tertiary/aromatic N) is 1. The van der Waals surface area contributed by atoms with Gasteiger partial charge in [0.1, 0.15) is 0 Å². The van der Waals surface area contributed by atoms with E-state index in [9.17, 15) is 9.59 Å². The van der Waals surface area contributed by atoms with Gasteiger partial charge in [0, 0.05) is 12.6 Å². The molecule has 0 aliphatic heterocycles. The zero-order valence-electron chi connectivity index (χ0n) is 12.2. The third-order valence-corrected chi connectivity index (χ3v) is 3.26. The lowest BCUT2D eigenvalue weighted by atomic mass is 10.2. The van der Waals surface area contributed by atoms with E-state index < -0.39 is 6.03 Å². The zero-order chi connectivity index (χ0) is 16.0. The highest BCUT2D eigenvalue weighted by atomic mass is 35.5. The van der Waals surface area contributed by atoms with Crippen LogP contribution in [-0.2, 0) is 11.3 Å². The molecule has 0 saturated heterocycles. The first-order chi connectivity index (χ1) is 9.77. The fourth-order valence-electron chi connectivity index (χ4n) is 1.72. The maximum Gasteiger partial charge on any atom is 0.321 e. The molecule has 0 saturated carbocycles. The summed E-state index contributed by atoms with van der Waals surface area (Å²) in [6.45, 7) is 4.27. The summed E-state index contributed by atoms with van der Waals surface area (Å²) < 4.78 is 0. The highest BCUT2D eigenvalue weighted by molar-refractivity contribution is 6.42. The molecule has 0 heterocycles. The van der Waals surface area contributed by atoms with E-state index in [1.165, 1.54) is 0 Å². The highest BCUT2D eigenvalue weighted by Gasteiger charge is 2.11. The molecular weight excluding hydrogens is 313 g/mol. The van der Waals surface area contributed by atoms with Crippen molar-refractivity contribution in [3.63, 3.8) is 0 Å². The molecule has 5 nitrogen and oxygen atoms in total. The van der Waals surface area contributed by atoms with Crippen LogP contribution in [0.5, 0.6) is 0 Å². The number of rotatable bonds is 5. The molecule has 0 radical (unpaired) electrons. The number of amides is 3. The first kappa shape index (κ1) is 17.8. The molecule has 0 spiro atoms. The van der Waals surface area contributed by atoms with Crippen LogP contribution in [0.15, 0.2) is 18.2 Å². The van der Waals surface area contributed by atoms with Gasteiger partial charge in [0.05, 0.1) is 16.6 Å². The minimum Gasteiger partial charge on any atom is -0.336 e. The third kappa shape index (κ3) is 6.80. The number of carbonyl (C=O) groups is 2. The molecule has 0 aliphatic carbocycles. The minimum atomic E-state index is -0.488. The summed E-state index contributed by atoms with van der Waals surface area (Å²) in [7, 11) is 1.78. The Labute approximate surface area is 134 Å². The van der Waals surface area contributed by atoms with Crippen molar-refractivity contribution in [1.82, 2.24) is 15.5 Å². The Bertz CT molecular complexity index is 521. The van der Waals surface area contributed by atoms with E-state index in [1.54, 1.807) is 24.1 Å². The van der Waals surface area contributed by atoms with Crippen molar-refractivity contribution in [2.24, 2.45) is 0 Å². The summed E-state index contributed by atoms with van der Waals surface area (Å²) in [5.74, 6) is -0.365. The Morgan fingerprint density at radius 3 is 2.48 bits per heavy atom. The fraction of sp³-hybridized carbons (Fsp3) is 0.429. The first-order valence-electron chi connectivity index (χ1n) is 6.50. The SMILES string of the molecule is CC(C)NC(=O)NC(=O)CN(C)Cc1ccc(Cl)c(Cl)c1. The van der Waals surface area contributed by atoms with Crippen molar-refractivity contribution >= 4 is 35.1 Å². The van der Waals surface area contributed by atoms with Gasteiger partial charge in [0.2, 0.25) is 5.91 Å². The highest BCUT2D eigenvalue weighted by Crippen LogP contribution is 2.22. The molecule has 21 heavy (non-hydrogen) atoms. The van der Waals surface area contributed by atoms with Crippen LogP contribution in [0.1, 0.15) is 19.4 Å². The lowest BCUT2D eigenvalue weighted by Gasteiger charge is -2.17. The summed E-state index contributed by atoms with van der Waals surface area (Å²) in [5, 5.41) is 5.83. The second-order valence-electron chi connectivity index (χ2n) is 5.10. The maximum atomic E-state index is 11.7. The quantitative estimate of drug-likeness (QED) is 0.871. The van der Waals surface area contributed by atoms with Gasteiger partial charge in [0.25, 0.3) is 0 Å². The van der Waals surface area contributed by atoms with E-state index in [2.05, 4.69) is 10.6 Å². The van der Waals surface area contributed by atoms with Crippen LogP contribution in [0.25, 0.3) is 0 Å². The van der Waals surface area contributed by atoms with E-state index in [0.29, 0.717) is 16.6 Å². The van der Waals surface area contributed by atoms with Crippen LogP contribution in [0.3, 0.4) is 0 Å². The standard InChI is InChI=1S/C14H19Cl2N3O2/c1-9(2)17-14(21)18-13(20)8-19(3)7-10-4-5-11(15)12(16)6-10/h4-6,9H,7-8H2,1-3H3,(H2,17,18,20,21). The first-order valence-corrected chi connectivity index (χ1v) is 7.26. The number of hydrogen-bond donors (Lipinski definition) is 2. The molecule has 1 aromatic carbocycles. The van der Waals surface area contributed by atoms with Gasteiger partial charge >= 0.3 is 6.03 Å². The lowest BCUT2D eigenvalue weighted by molar-refractivity contribution is -0.120. The van der Waals surface area contributed by atoms with Gasteiger partial charge in [-0.05, 0) is 38.6 Å². The molecule has 0 bridgehead atoms. The Morgan fingerprint density at radius 2 is 1.90 bits per heavy atom. The van der Waals surface area contributed by atoms with Gasteiger partial charge in [-0.1, -0.05) is 29.3 Å². The second-order valence-corrected chi connectivity index (χ2v) is 5.91. The number of carbonyl (C=O) groups excluding carboxylic acids is 2. The Kier molecular flexibility index (Phi) is 6.95. The Hall–Kier alpha value is -1.30. The summed E-state index contributed by atoms with van der Waals surface area (Å²) >= 11 is 11.8. The minimum absolute atomic E-state index is 0.0215. The Balaban J connectivity index is 2.45. The van der Waals surface area contributed by atoms with Crippen molar-refractivity contribution in [2.45, 2.75) is 26.4 Å². The molecule has 116 valence electrons. The molecule has 0 aliphatic rings. The van der Waals surface area contributed by atoms with Gasteiger partial charge in [-0.3, -0.25) is 15.0 Å². The largest absolute Gasteiger partial charge is 0.336 e. The summed E-state index contributed by atoms with van der Waals surface area (Å²) in [6.07, 6.45) is 0. The van der Waals surface area contributed by atoms with Crippen molar-refractivity contribution in [2.75, 3.05) is 13.6 Å². The van der Waals surface area contributed by atoms with Crippen LogP contribution in [0, 0.1) is 0 Å². The molecule has 0 aromatic heterocycles. The van der Waals surface area contributed by atoms with Crippen LogP contribution in [-0.4, -0.2) is 36.5 Å². The van der Waals surface area contributed by atoms with Crippen molar-refractivity contribution in [3.8, 4) is 0 Å². The normalized spacial score (nSPS) is 10.8. The molecule has 3 amide bonds. The number of imide groups is 1. The van der Waals surface area contributed by atoms with Gasteiger partial charge < -0.3 is 5.32 Å². The number of benzene rings is 1. The number of halogens is 2. The molecule has 1 aromatic rings. The van der Waals surface area contributed by atoms with Crippen molar-refractivity contribution in [3.05, 3.63) is 33.8 Å². The maximum absolute atomic E-state index is 11.7. The van der Waals surface area contributed by atoms with Crippen LogP contribution in [0.2, 0.25) is 10.0 Å². The van der Waals surface area contributed by atoms with Gasteiger partial charge in [-0.25, -0.2) is 4.79 Å². The van der Waals surface area contributed by atoms with Crippen LogP contribution < -0.4 is 10.6 Å². The molecule has 0 atom stereocenters. The molecule has 1 rings (SSSR count). The van der Waals surface area contributed by atoms with E-state index in [-0.39, 0.29) is 18.5 Å². The second kappa shape index (κ2) is 8.22. The van der Waals surface area contributed by atoms with Crippen molar-refractivity contribution in [1.29, 1.82) is 0 Å². The van der Waals surface area contributed by atoms with E-state index >= 15 is 0 Å². The molecule has 0 fully saturated rings. The average molecular weight is 332 g/mol. The predicted octanol–water partition coefficient (Wildman–Crippen LogP) is 2.66. The summed E-state index contributed by atoms with van der Waals surface area (Å²) in [6, 6.07) is 4.80.